The Kier molecular flexibility index (Phi) is 44.6. The molecule has 5 aliphatic heterocycles. The van der Waals surface area contributed by atoms with Crippen LogP contribution in [-0.4, -0.2) is 205 Å². The number of esters is 5. The number of ether oxygens (including phenoxy) is 12. The van der Waals surface area contributed by atoms with E-state index in [9.17, 15) is 95.9 Å². The molecule has 1 aromatic heterocycles. The van der Waals surface area contributed by atoms with E-state index in [4.69, 9.17) is 56.8 Å². The summed E-state index contributed by atoms with van der Waals surface area (Å²) in [4.78, 5) is 253. The van der Waals surface area contributed by atoms with Crippen molar-refractivity contribution in [2.24, 2.45) is 5.92 Å². The van der Waals surface area contributed by atoms with Crippen LogP contribution in [0, 0.1) is 5.92 Å². The van der Waals surface area contributed by atoms with Gasteiger partial charge in [-0.05, 0) is 134 Å². The molecule has 0 spiro atoms. The van der Waals surface area contributed by atoms with Crippen LogP contribution in [0.25, 0.3) is 0 Å². The lowest BCUT2D eigenvalue weighted by Crippen LogP contribution is -2.43. The Bertz CT molecular complexity index is 5240. The highest BCUT2D eigenvalue weighted by molar-refractivity contribution is 6.04. The summed E-state index contributed by atoms with van der Waals surface area (Å²) < 4.78 is 63.5. The molecule has 0 bridgehead atoms. The van der Waals surface area contributed by atoms with Crippen LogP contribution in [0.1, 0.15) is 186 Å². The summed E-state index contributed by atoms with van der Waals surface area (Å²) in [5, 5.41) is 18.7. The fourth-order valence-corrected chi connectivity index (χ4v) is 11.8. The highest BCUT2D eigenvalue weighted by atomic mass is 16.9. The number of imide groups is 5. The molecule has 0 saturated carbocycles. The second kappa shape index (κ2) is 56.3. The lowest BCUT2D eigenvalue weighted by atomic mass is 10.0. The molecule has 138 heavy (non-hydrogen) atoms. The molecule has 48 nitrogen and oxygen atoms in total. The first-order valence-corrected chi connectivity index (χ1v) is 43.3. The number of amides is 10. The molecule has 11 rings (SSSR count). The smallest absolute Gasteiger partial charge is 0.490 e. The summed E-state index contributed by atoms with van der Waals surface area (Å²) in [7, 11) is 0. The first kappa shape index (κ1) is 109. The minimum absolute atomic E-state index is 0.00243. The zero-order chi connectivity index (χ0) is 101. The van der Waals surface area contributed by atoms with Crippen molar-refractivity contribution >= 4 is 120 Å². The fourth-order valence-electron chi connectivity index (χ4n) is 11.8. The van der Waals surface area contributed by atoms with E-state index in [-0.39, 0.29) is 140 Å². The number of nitrogens with zero attached hydrogens (tertiary/aromatic N) is 8. The minimum Gasteiger partial charge on any atom is -0.490 e. The van der Waals surface area contributed by atoms with Crippen molar-refractivity contribution < 1.29 is 177 Å². The van der Waals surface area contributed by atoms with Crippen molar-refractivity contribution in [2.45, 2.75) is 211 Å². The van der Waals surface area contributed by atoms with Crippen LogP contribution in [-0.2, 0) is 166 Å². The number of nitrogens with one attached hydrogen (secondary N) is 3. The second-order valence-electron chi connectivity index (χ2n) is 29.8. The summed E-state index contributed by atoms with van der Waals surface area (Å²) in [6.45, 7) is 20.2. The number of rotatable bonds is 39. The number of hydrogen-bond acceptors (Lipinski definition) is 42. The Balaban J connectivity index is 0.000000235. The average molecular weight is 1930 g/mol. The Morgan fingerprint density at radius 1 is 0.362 bits per heavy atom. The number of aryl methyl sites for hydroxylation is 1. The summed E-state index contributed by atoms with van der Waals surface area (Å²) in [6, 6.07) is 27.6. The van der Waals surface area contributed by atoms with Gasteiger partial charge >= 0.3 is 60.6 Å². The van der Waals surface area contributed by atoms with Gasteiger partial charge in [-0.1, -0.05) is 133 Å². The fraction of sp³-hybridized carbons (Fsp3) is 0.422. The molecule has 48 heteroatoms. The van der Waals surface area contributed by atoms with Gasteiger partial charge in [0.25, 0.3) is 59.1 Å². The summed E-state index contributed by atoms with van der Waals surface area (Å²) in [6.07, 6.45) is -1.32. The van der Waals surface area contributed by atoms with Gasteiger partial charge in [-0.25, -0.2) is 38.2 Å². The number of carbonyl (C=O) groups excluding carboxylic acids is 20. The lowest BCUT2D eigenvalue weighted by molar-refractivity contribution is -0.178. The van der Waals surface area contributed by atoms with Crippen LogP contribution in [0.4, 0.5) is 24.0 Å². The highest BCUT2D eigenvalue weighted by Crippen LogP contribution is 2.33. The number of aromatic nitrogens is 3. The van der Waals surface area contributed by atoms with Crippen LogP contribution in [0.2, 0.25) is 0 Å². The van der Waals surface area contributed by atoms with Gasteiger partial charge in [-0.2, -0.15) is 0 Å². The molecule has 10 amide bonds. The number of hydroxylamine groups is 10. The van der Waals surface area contributed by atoms with Crippen molar-refractivity contribution in [3.63, 3.8) is 0 Å². The molecule has 5 saturated heterocycles. The third-order valence-corrected chi connectivity index (χ3v) is 18.7. The molecule has 6 aromatic rings. The average Bonchev–Trinajstić information content (AvgIpc) is 1.68. The van der Waals surface area contributed by atoms with E-state index in [1.54, 1.807) is 109 Å². The van der Waals surface area contributed by atoms with Crippen molar-refractivity contribution in [2.75, 3.05) is 32.8 Å². The van der Waals surface area contributed by atoms with Gasteiger partial charge in [0.1, 0.15) is 69.0 Å². The number of carbonyl (C=O) groups is 20. The van der Waals surface area contributed by atoms with Crippen molar-refractivity contribution in [1.82, 2.24) is 56.3 Å². The maximum atomic E-state index is 12.2. The van der Waals surface area contributed by atoms with Gasteiger partial charge in [-0.3, -0.25) is 86.5 Å². The van der Waals surface area contributed by atoms with E-state index < -0.39 is 126 Å². The molecule has 2 unspecified atom stereocenters. The van der Waals surface area contributed by atoms with E-state index in [2.05, 4.69) is 57.4 Å². The Morgan fingerprint density at radius 3 is 1.01 bits per heavy atom. The van der Waals surface area contributed by atoms with E-state index in [0.717, 1.165) is 19.3 Å². The second-order valence-corrected chi connectivity index (χ2v) is 29.8. The normalized spacial score (nSPS) is 14.0. The molecule has 5 aromatic carbocycles. The van der Waals surface area contributed by atoms with E-state index >= 15 is 0 Å². The van der Waals surface area contributed by atoms with Crippen LogP contribution in [0.3, 0.4) is 0 Å². The van der Waals surface area contributed by atoms with Crippen LogP contribution in [0.5, 0.6) is 40.2 Å². The first-order chi connectivity index (χ1) is 66.0. The number of hydrogen-bond donors (Lipinski definition) is 3. The van der Waals surface area contributed by atoms with Crippen LogP contribution < -0.4 is 49.1 Å². The molecule has 5 fully saturated rings. The third kappa shape index (κ3) is 36.8. The topological polar surface area (TPSA) is 581 Å². The van der Waals surface area contributed by atoms with Gasteiger partial charge in [0.05, 0.1) is 25.0 Å². The largest absolute Gasteiger partial charge is 0.534 e. The lowest BCUT2D eigenvalue weighted by Gasteiger charge is -2.19. The number of unbranched alkanes of at least 4 members (excludes halogenated alkanes) is 2. The van der Waals surface area contributed by atoms with Gasteiger partial charge in [0.15, 0.2) is 23.0 Å². The van der Waals surface area contributed by atoms with Gasteiger partial charge in [-0.15, -0.1) is 5.10 Å². The predicted octanol–water partition coefficient (Wildman–Crippen LogP) is 8.59. The molecule has 0 aliphatic carbocycles. The molecule has 5 aliphatic rings. The van der Waals surface area contributed by atoms with E-state index in [1.807, 2.05) is 41.5 Å². The third-order valence-electron chi connectivity index (χ3n) is 18.7. The van der Waals surface area contributed by atoms with Gasteiger partial charge in [0.2, 0.25) is 0 Å². The predicted molar refractivity (Wildman–Crippen MR) is 463 cm³/mol. The van der Waals surface area contributed by atoms with Crippen LogP contribution >= 0.6 is 0 Å². The molecule has 3 N–H and O–H groups in total. The zero-order valence-corrected chi connectivity index (χ0v) is 77.1. The van der Waals surface area contributed by atoms with Crippen LogP contribution in [0.15, 0.2) is 115 Å². The highest BCUT2D eigenvalue weighted by Gasteiger charge is 2.39. The molecule has 0 radical (unpaired) electrons. The molecule has 6 heterocycles. The van der Waals surface area contributed by atoms with E-state index in [1.165, 1.54) is 32.0 Å². The summed E-state index contributed by atoms with van der Waals surface area (Å²) >= 11 is 0. The summed E-state index contributed by atoms with van der Waals surface area (Å²) in [5.74, 6) is -5.84. The van der Waals surface area contributed by atoms with Crippen molar-refractivity contribution in [3.05, 3.63) is 149 Å². The molecular formula is C90H105N11O37. The first-order valence-electron chi connectivity index (χ1n) is 43.3. The SMILES string of the molecule is CCCCCOc1cc(COC(=O)ON2C(=O)CCC2=O)ccc1OC(C)=O.CCNC(C(=O)Oc1ccc(COC(=O)ON2C(=O)CCC2=O)cc1)C(C)C.CCNC(C)C(=O)Oc1ccc(COC(=O)ON2C(=O)CCC2=O)cc1.CCNCC(=O)Oc1ccc(COC(=O)ON2C(=O)CCC2=O)cc1.CCn1nncc1COc1cc(COC(=O)ON2C(=O)CCC2=O)ccc1OC(C)=O. The Morgan fingerprint density at radius 2 is 0.688 bits per heavy atom. The van der Waals surface area contributed by atoms with Gasteiger partial charge < -0.3 is 72.8 Å². The maximum absolute atomic E-state index is 12.2. The molecule has 742 valence electrons. The van der Waals surface area contributed by atoms with Crippen molar-refractivity contribution in [1.29, 1.82) is 0 Å². The molecule has 2 atom stereocenters. The number of benzene rings is 5. The summed E-state index contributed by atoms with van der Waals surface area (Å²) in [5.41, 5.74) is 3.59. The minimum atomic E-state index is -1.20. The Hall–Kier alpha value is -15.9. The standard InChI is InChI=1S/C19H20N4O8.C19H24N2O7.C19H23NO8.C17H20N2O7.C16H18N2O7/c1-3-22-14(9-20-21-22)11-28-16-8-13(4-5-15(16)30-12(2)24)10-29-19(27)31-23-17(25)6-7-18(23)26;1-4-20-17(12(2)3)18(24)27-14-7-5-13(6-8-14)11-26-19(25)28-21-15(22)9-10-16(21)23;1-3-4-5-10-25-16-11-14(6-7-15(16)27-13(2)21)12-26-19(24)28-20-17(22)8-9-18(20)23;1-3-18-11(2)16(22)25-13-6-4-12(5-7-13)10-24-17(23)26-19-14(20)8-9-15(19)21;1-2-17-9-15(21)24-12-5-3-11(4-6-12)10-23-16(22)25-18-13(19)7-8-14(18)20/h4-5,8-9H,3,6-7,10-11H2,1-2H3;5-8,12,17,20H,4,9-11H2,1-3H3;6-7,11H,3-5,8-10,12H2,1-2H3;4-7,11,18H,3,8-10H2,1-2H3;3-6,17H,2,7-10H2,1H3. The monoisotopic (exact) mass is 1930 g/mol. The van der Waals surface area contributed by atoms with E-state index in [0.29, 0.717) is 115 Å². The quantitative estimate of drug-likeness (QED) is 0.0107. The molecular weight excluding hydrogens is 1830 g/mol. The van der Waals surface area contributed by atoms with Gasteiger partial charge in [0, 0.05) is 84.6 Å². The zero-order valence-electron chi connectivity index (χ0n) is 77.1. The number of likely N-dealkylation sites (N-methyl/N-ethyl adjacent to an activating group) is 3. The Labute approximate surface area is 788 Å². The van der Waals surface area contributed by atoms with Crippen molar-refractivity contribution in [3.8, 4) is 40.2 Å². The maximum Gasteiger partial charge on any atom is 0.534 e.